The number of hydrogen-bond donors (Lipinski definition) is 1. The van der Waals surface area contributed by atoms with Gasteiger partial charge in [0.1, 0.15) is 0 Å². The second kappa shape index (κ2) is 2.70. The van der Waals surface area contributed by atoms with E-state index in [1.165, 1.54) is 0 Å². The van der Waals surface area contributed by atoms with Gasteiger partial charge in [-0.2, -0.15) is 0 Å². The van der Waals surface area contributed by atoms with E-state index >= 15 is 0 Å². The highest BCUT2D eigenvalue weighted by atomic mass is 16.5. The Morgan fingerprint density at radius 2 is 2.15 bits per heavy atom. The van der Waals surface area contributed by atoms with E-state index in [0.29, 0.717) is 5.88 Å². The minimum atomic E-state index is -0.596. The summed E-state index contributed by atoms with van der Waals surface area (Å²) in [6.45, 7) is 1.90. The zero-order valence-electron chi connectivity index (χ0n) is 7.87. The zero-order chi connectivity index (χ0) is 9.47. The van der Waals surface area contributed by atoms with E-state index in [4.69, 9.17) is 4.74 Å². The van der Waals surface area contributed by atoms with Crippen LogP contribution in [-0.2, 0) is 5.60 Å². The van der Waals surface area contributed by atoms with E-state index in [1.54, 1.807) is 13.2 Å². The number of methoxy groups -OCH3 is 1. The third-order valence-electron chi connectivity index (χ3n) is 2.40. The summed E-state index contributed by atoms with van der Waals surface area (Å²) < 4.78 is 5.04. The molecule has 1 aliphatic carbocycles. The van der Waals surface area contributed by atoms with Gasteiger partial charge in [0.05, 0.1) is 12.7 Å². The lowest BCUT2D eigenvalue weighted by Crippen LogP contribution is -2.05. The summed E-state index contributed by atoms with van der Waals surface area (Å²) in [6, 6.07) is 3.72. The molecule has 1 aromatic rings. The first-order valence-corrected chi connectivity index (χ1v) is 4.40. The van der Waals surface area contributed by atoms with E-state index in [2.05, 4.69) is 4.98 Å². The van der Waals surface area contributed by atoms with E-state index < -0.39 is 5.60 Å². The molecule has 0 radical (unpaired) electrons. The molecule has 3 nitrogen and oxygen atoms in total. The van der Waals surface area contributed by atoms with Crippen LogP contribution in [0, 0.1) is 6.92 Å². The molecule has 1 aliphatic rings. The Balaban J connectivity index is 2.40. The van der Waals surface area contributed by atoms with E-state index in [9.17, 15) is 5.11 Å². The van der Waals surface area contributed by atoms with Gasteiger partial charge in [-0.05, 0) is 31.4 Å². The van der Waals surface area contributed by atoms with Gasteiger partial charge in [-0.1, -0.05) is 0 Å². The molecule has 0 aliphatic heterocycles. The van der Waals surface area contributed by atoms with Gasteiger partial charge < -0.3 is 9.84 Å². The first-order valence-electron chi connectivity index (χ1n) is 4.40. The quantitative estimate of drug-likeness (QED) is 0.745. The van der Waals surface area contributed by atoms with Gasteiger partial charge in [0.15, 0.2) is 0 Å². The Bertz CT molecular complexity index is 332. The predicted molar refractivity (Wildman–Crippen MR) is 48.7 cm³/mol. The first kappa shape index (κ1) is 8.51. The Labute approximate surface area is 77.4 Å². The first-order chi connectivity index (χ1) is 6.14. The fraction of sp³-hybridized carbons (Fsp3) is 0.500. The Morgan fingerprint density at radius 3 is 2.69 bits per heavy atom. The Hall–Kier alpha value is -1.09. The van der Waals surface area contributed by atoms with Crippen molar-refractivity contribution in [1.29, 1.82) is 0 Å². The number of aryl methyl sites for hydroxylation is 1. The second-order valence-electron chi connectivity index (χ2n) is 3.57. The van der Waals surface area contributed by atoms with E-state index in [1.807, 2.05) is 13.0 Å². The molecule has 3 heteroatoms. The lowest BCUT2D eigenvalue weighted by atomic mass is 10.1. The summed E-state index contributed by atoms with van der Waals surface area (Å²) in [5.41, 5.74) is 1.22. The van der Waals surface area contributed by atoms with Gasteiger partial charge in [0.25, 0.3) is 0 Å². The van der Waals surface area contributed by atoms with Crippen LogP contribution in [0.15, 0.2) is 12.1 Å². The van der Waals surface area contributed by atoms with Crippen LogP contribution in [0.5, 0.6) is 5.88 Å². The van der Waals surface area contributed by atoms with Crippen LogP contribution in [0.3, 0.4) is 0 Å². The molecule has 1 saturated carbocycles. The van der Waals surface area contributed by atoms with Crippen LogP contribution in [0.2, 0.25) is 0 Å². The topological polar surface area (TPSA) is 42.4 Å². The largest absolute Gasteiger partial charge is 0.481 e. The number of rotatable bonds is 2. The van der Waals surface area contributed by atoms with Crippen molar-refractivity contribution >= 4 is 0 Å². The highest BCUT2D eigenvalue weighted by Gasteiger charge is 2.42. The highest BCUT2D eigenvalue weighted by molar-refractivity contribution is 5.32. The molecule has 0 amide bonds. The van der Waals surface area contributed by atoms with E-state index in [0.717, 1.165) is 24.1 Å². The molecule has 2 rings (SSSR count). The number of pyridine rings is 1. The van der Waals surface area contributed by atoms with Gasteiger partial charge in [0.2, 0.25) is 5.88 Å². The van der Waals surface area contributed by atoms with Crippen molar-refractivity contribution in [3.05, 3.63) is 23.4 Å². The number of aliphatic hydroxyl groups is 1. The molecule has 0 saturated heterocycles. The van der Waals surface area contributed by atoms with Gasteiger partial charge in [0, 0.05) is 11.8 Å². The number of aromatic nitrogens is 1. The summed E-state index contributed by atoms with van der Waals surface area (Å²) in [5, 5.41) is 9.86. The van der Waals surface area contributed by atoms with Gasteiger partial charge >= 0.3 is 0 Å². The summed E-state index contributed by atoms with van der Waals surface area (Å²) in [6.07, 6.45) is 1.69. The highest BCUT2D eigenvalue weighted by Crippen LogP contribution is 2.45. The molecule has 0 spiro atoms. The van der Waals surface area contributed by atoms with Crippen LogP contribution in [0.25, 0.3) is 0 Å². The number of hydrogen-bond acceptors (Lipinski definition) is 3. The molecule has 1 fully saturated rings. The second-order valence-corrected chi connectivity index (χ2v) is 3.57. The minimum Gasteiger partial charge on any atom is -0.481 e. The van der Waals surface area contributed by atoms with Crippen LogP contribution < -0.4 is 4.74 Å². The Kier molecular flexibility index (Phi) is 1.77. The maximum Gasteiger partial charge on any atom is 0.213 e. The third-order valence-corrected chi connectivity index (χ3v) is 2.40. The number of ether oxygens (including phenoxy) is 1. The van der Waals surface area contributed by atoms with Crippen molar-refractivity contribution in [3.8, 4) is 5.88 Å². The summed E-state index contributed by atoms with van der Waals surface area (Å²) in [5.74, 6) is 0.579. The summed E-state index contributed by atoms with van der Waals surface area (Å²) in [4.78, 5) is 4.16. The lowest BCUT2D eigenvalue weighted by molar-refractivity contribution is 0.151. The molecule has 0 atom stereocenters. The van der Waals surface area contributed by atoms with Crippen molar-refractivity contribution in [2.45, 2.75) is 25.4 Å². The molecule has 1 heterocycles. The maximum absolute atomic E-state index is 9.86. The van der Waals surface area contributed by atoms with Crippen molar-refractivity contribution in [2.24, 2.45) is 0 Å². The monoisotopic (exact) mass is 179 g/mol. The minimum absolute atomic E-state index is 0.579. The van der Waals surface area contributed by atoms with Crippen molar-refractivity contribution in [2.75, 3.05) is 7.11 Å². The maximum atomic E-state index is 9.86. The van der Waals surface area contributed by atoms with Crippen LogP contribution >= 0.6 is 0 Å². The molecule has 1 N–H and O–H groups in total. The molecule has 0 bridgehead atoms. The van der Waals surface area contributed by atoms with Crippen molar-refractivity contribution < 1.29 is 9.84 Å². The molecule has 70 valence electrons. The average Bonchev–Trinajstić information content (AvgIpc) is 2.84. The zero-order valence-corrected chi connectivity index (χ0v) is 7.87. The van der Waals surface area contributed by atoms with E-state index in [-0.39, 0.29) is 0 Å². The van der Waals surface area contributed by atoms with Crippen LogP contribution in [0.1, 0.15) is 24.1 Å². The summed E-state index contributed by atoms with van der Waals surface area (Å²) in [7, 11) is 1.59. The SMILES string of the molecule is COc1cc(C2(O)CC2)cc(C)n1. The molecule has 0 unspecified atom stereocenters. The average molecular weight is 179 g/mol. The van der Waals surface area contributed by atoms with Gasteiger partial charge in [-0.25, -0.2) is 4.98 Å². The summed E-state index contributed by atoms with van der Waals surface area (Å²) >= 11 is 0. The fourth-order valence-corrected chi connectivity index (χ4v) is 1.42. The van der Waals surface area contributed by atoms with Crippen molar-refractivity contribution in [3.63, 3.8) is 0 Å². The smallest absolute Gasteiger partial charge is 0.213 e. The van der Waals surface area contributed by atoms with Crippen molar-refractivity contribution in [1.82, 2.24) is 4.98 Å². The van der Waals surface area contributed by atoms with Crippen LogP contribution in [-0.4, -0.2) is 17.2 Å². The Morgan fingerprint density at radius 1 is 1.46 bits per heavy atom. The predicted octanol–water partition coefficient (Wildman–Crippen LogP) is 1.38. The normalized spacial score (nSPS) is 18.4. The molecule has 1 aromatic heterocycles. The molecular weight excluding hydrogens is 166 g/mol. The number of nitrogens with zero attached hydrogens (tertiary/aromatic N) is 1. The molecule has 0 aromatic carbocycles. The standard InChI is InChI=1S/C10H13NO2/c1-7-5-8(10(12)3-4-10)6-9(11-7)13-2/h5-6,12H,3-4H2,1-2H3. The van der Waals surface area contributed by atoms with Gasteiger partial charge in [-0.15, -0.1) is 0 Å². The van der Waals surface area contributed by atoms with Crippen LogP contribution in [0.4, 0.5) is 0 Å². The fourth-order valence-electron chi connectivity index (χ4n) is 1.42. The third kappa shape index (κ3) is 1.52. The van der Waals surface area contributed by atoms with Gasteiger partial charge in [-0.3, -0.25) is 0 Å². The molecular formula is C10H13NO2. The lowest BCUT2D eigenvalue weighted by Gasteiger charge is -2.10. The molecule has 13 heavy (non-hydrogen) atoms.